The highest BCUT2D eigenvalue weighted by Crippen LogP contribution is 2.37. The maximum Gasteiger partial charge on any atom is 0.262 e. The van der Waals surface area contributed by atoms with Crippen LogP contribution in [0.1, 0.15) is 33.9 Å². The minimum absolute atomic E-state index is 0.125. The van der Waals surface area contributed by atoms with Crippen LogP contribution in [-0.2, 0) is 9.53 Å². The third-order valence-electron chi connectivity index (χ3n) is 7.83. The van der Waals surface area contributed by atoms with Gasteiger partial charge in [-0.2, -0.15) is 5.10 Å². The first-order valence-corrected chi connectivity index (χ1v) is 14.4. The summed E-state index contributed by atoms with van der Waals surface area (Å²) in [5.41, 5.74) is 3.01. The van der Waals surface area contributed by atoms with Crippen molar-refractivity contribution in [3.05, 3.63) is 89.5 Å². The number of carbonyl (C=O) groups excluding carboxylic acids is 2. The summed E-state index contributed by atoms with van der Waals surface area (Å²) in [6, 6.07) is 21.8. The molecule has 1 atom stereocenters. The van der Waals surface area contributed by atoms with E-state index in [9.17, 15) is 9.59 Å². The fraction of sp³-hybridized carbons (Fsp3) is 0.364. The van der Waals surface area contributed by atoms with Crippen LogP contribution in [0.25, 0.3) is 0 Å². The van der Waals surface area contributed by atoms with Gasteiger partial charge in [-0.15, -0.1) is 0 Å². The molecule has 3 aromatic rings. The molecule has 3 aromatic carbocycles. The van der Waals surface area contributed by atoms with Crippen LogP contribution >= 0.6 is 0 Å². The number of hydrogen-bond donors (Lipinski definition) is 0. The quantitative estimate of drug-likeness (QED) is 0.337. The van der Waals surface area contributed by atoms with Crippen LogP contribution in [0.4, 0.5) is 0 Å². The Bertz CT molecular complexity index is 1420. The number of benzene rings is 3. The number of nitrogens with zero attached hydrogens (tertiary/aromatic N) is 4. The standard InChI is InChI=1S/C33H38N4O6/c1-40-26-12-8-24(9-13-26)29-22-30(28-6-4-5-7-31(28)42-3)37(34-29)32(38)23-36(17-16-35-18-20-43-21-19-35)33(39)25-10-14-27(41-2)15-11-25/h4-15,30H,16-23H2,1-3H3/t30-/m0/s1. The van der Waals surface area contributed by atoms with E-state index in [1.807, 2.05) is 48.5 Å². The van der Waals surface area contributed by atoms with Gasteiger partial charge in [0, 0.05) is 43.7 Å². The Labute approximate surface area is 252 Å². The molecule has 0 saturated carbocycles. The van der Waals surface area contributed by atoms with Crippen molar-refractivity contribution in [1.82, 2.24) is 14.8 Å². The second-order valence-electron chi connectivity index (χ2n) is 10.4. The predicted molar refractivity (Wildman–Crippen MR) is 163 cm³/mol. The third-order valence-corrected chi connectivity index (χ3v) is 7.83. The molecule has 10 heteroatoms. The maximum atomic E-state index is 14.1. The van der Waals surface area contributed by atoms with E-state index >= 15 is 0 Å². The van der Waals surface area contributed by atoms with Gasteiger partial charge in [0.25, 0.3) is 11.8 Å². The van der Waals surface area contributed by atoms with Gasteiger partial charge >= 0.3 is 0 Å². The van der Waals surface area contributed by atoms with Crippen molar-refractivity contribution in [1.29, 1.82) is 0 Å². The van der Waals surface area contributed by atoms with Gasteiger partial charge in [0.1, 0.15) is 23.8 Å². The van der Waals surface area contributed by atoms with Gasteiger partial charge in [-0.1, -0.05) is 18.2 Å². The molecule has 0 spiro atoms. The number of rotatable bonds is 11. The maximum absolute atomic E-state index is 14.1. The van der Waals surface area contributed by atoms with E-state index in [0.29, 0.717) is 49.8 Å². The zero-order valence-corrected chi connectivity index (χ0v) is 24.9. The molecule has 226 valence electrons. The van der Waals surface area contributed by atoms with E-state index in [0.717, 1.165) is 35.7 Å². The Morgan fingerprint density at radius 2 is 1.53 bits per heavy atom. The molecule has 5 rings (SSSR count). The molecule has 0 N–H and O–H groups in total. The van der Waals surface area contributed by atoms with Crippen molar-refractivity contribution in [3.8, 4) is 17.2 Å². The summed E-state index contributed by atoms with van der Waals surface area (Å²) < 4.78 is 21.7. The number of para-hydroxylation sites is 1. The summed E-state index contributed by atoms with van der Waals surface area (Å²) in [6.45, 7) is 3.78. The first-order valence-electron chi connectivity index (χ1n) is 14.4. The number of hydrogen-bond acceptors (Lipinski definition) is 8. The Morgan fingerprint density at radius 1 is 0.884 bits per heavy atom. The van der Waals surface area contributed by atoms with Crippen LogP contribution in [0.5, 0.6) is 17.2 Å². The fourth-order valence-electron chi connectivity index (χ4n) is 5.37. The van der Waals surface area contributed by atoms with Crippen molar-refractivity contribution in [2.24, 2.45) is 5.10 Å². The minimum atomic E-state index is -0.391. The molecule has 0 aromatic heterocycles. The van der Waals surface area contributed by atoms with Crippen molar-refractivity contribution in [2.45, 2.75) is 12.5 Å². The van der Waals surface area contributed by atoms with Crippen LogP contribution in [0.2, 0.25) is 0 Å². The van der Waals surface area contributed by atoms with E-state index in [4.69, 9.17) is 24.0 Å². The molecule has 0 radical (unpaired) electrons. The summed E-state index contributed by atoms with van der Waals surface area (Å²) in [6.07, 6.45) is 0.499. The van der Waals surface area contributed by atoms with Gasteiger partial charge in [0.2, 0.25) is 0 Å². The molecule has 43 heavy (non-hydrogen) atoms. The normalized spacial score (nSPS) is 16.9. The number of ether oxygens (including phenoxy) is 4. The summed E-state index contributed by atoms with van der Waals surface area (Å²) in [5, 5.41) is 6.34. The number of methoxy groups -OCH3 is 3. The molecule has 1 fully saturated rings. The second kappa shape index (κ2) is 14.2. The van der Waals surface area contributed by atoms with E-state index in [-0.39, 0.29) is 18.4 Å². The molecule has 0 unspecified atom stereocenters. The SMILES string of the molecule is COc1ccc(C(=O)N(CCN2CCOCC2)CC(=O)N2N=C(c3ccc(OC)cc3)C[C@H]2c2ccccc2OC)cc1. The molecule has 2 amide bonds. The van der Waals surface area contributed by atoms with Gasteiger partial charge in [-0.25, -0.2) is 5.01 Å². The Kier molecular flexibility index (Phi) is 9.91. The van der Waals surface area contributed by atoms with Crippen LogP contribution in [-0.4, -0.2) is 99.6 Å². The molecular formula is C33H38N4O6. The van der Waals surface area contributed by atoms with E-state index in [1.54, 1.807) is 50.5 Å². The first-order chi connectivity index (χ1) is 21.0. The predicted octanol–water partition coefficient (Wildman–Crippen LogP) is 3.86. The van der Waals surface area contributed by atoms with Crippen molar-refractivity contribution in [2.75, 3.05) is 67.3 Å². The van der Waals surface area contributed by atoms with Gasteiger partial charge in [0.15, 0.2) is 0 Å². The lowest BCUT2D eigenvalue weighted by Crippen LogP contribution is -2.46. The largest absolute Gasteiger partial charge is 0.497 e. The Balaban J connectivity index is 1.43. The van der Waals surface area contributed by atoms with E-state index in [2.05, 4.69) is 4.90 Å². The van der Waals surface area contributed by atoms with Gasteiger partial charge < -0.3 is 23.8 Å². The molecule has 2 aliphatic rings. The number of amides is 2. The lowest BCUT2D eigenvalue weighted by Gasteiger charge is -2.31. The molecule has 10 nitrogen and oxygen atoms in total. The van der Waals surface area contributed by atoms with E-state index in [1.165, 1.54) is 5.01 Å². The summed E-state index contributed by atoms with van der Waals surface area (Å²) >= 11 is 0. The lowest BCUT2D eigenvalue weighted by atomic mass is 9.97. The topological polar surface area (TPSA) is 93.1 Å². The monoisotopic (exact) mass is 586 g/mol. The van der Waals surface area contributed by atoms with Gasteiger partial charge in [-0.3, -0.25) is 14.5 Å². The lowest BCUT2D eigenvalue weighted by molar-refractivity contribution is -0.133. The smallest absolute Gasteiger partial charge is 0.262 e. The summed E-state index contributed by atoms with van der Waals surface area (Å²) in [7, 11) is 4.82. The Morgan fingerprint density at radius 3 is 2.19 bits per heavy atom. The molecule has 0 bridgehead atoms. The van der Waals surface area contributed by atoms with Crippen molar-refractivity contribution in [3.63, 3.8) is 0 Å². The van der Waals surface area contributed by atoms with Gasteiger partial charge in [-0.05, 0) is 60.2 Å². The van der Waals surface area contributed by atoms with Crippen molar-refractivity contribution < 1.29 is 28.5 Å². The van der Waals surface area contributed by atoms with Crippen LogP contribution < -0.4 is 14.2 Å². The summed E-state index contributed by atoms with van der Waals surface area (Å²) in [5.74, 6) is 1.57. The average molecular weight is 587 g/mol. The first kappa shape index (κ1) is 30.1. The molecule has 0 aliphatic carbocycles. The highest BCUT2D eigenvalue weighted by Gasteiger charge is 2.36. The number of morpholine rings is 1. The van der Waals surface area contributed by atoms with Crippen LogP contribution in [0.3, 0.4) is 0 Å². The zero-order chi connectivity index (χ0) is 30.2. The molecule has 2 aliphatic heterocycles. The fourth-order valence-corrected chi connectivity index (χ4v) is 5.37. The van der Waals surface area contributed by atoms with E-state index < -0.39 is 6.04 Å². The second-order valence-corrected chi connectivity index (χ2v) is 10.4. The van der Waals surface area contributed by atoms with Crippen LogP contribution in [0.15, 0.2) is 77.9 Å². The highest BCUT2D eigenvalue weighted by molar-refractivity contribution is 6.04. The number of carbonyl (C=O) groups is 2. The van der Waals surface area contributed by atoms with Crippen LogP contribution in [0, 0.1) is 0 Å². The molecular weight excluding hydrogens is 548 g/mol. The highest BCUT2D eigenvalue weighted by atomic mass is 16.5. The zero-order valence-electron chi connectivity index (χ0n) is 24.9. The van der Waals surface area contributed by atoms with Crippen molar-refractivity contribution >= 4 is 17.5 Å². The molecule has 2 heterocycles. The summed E-state index contributed by atoms with van der Waals surface area (Å²) in [4.78, 5) is 31.7. The minimum Gasteiger partial charge on any atom is -0.497 e. The third kappa shape index (κ3) is 7.15. The van der Waals surface area contributed by atoms with Gasteiger partial charge in [0.05, 0.1) is 46.3 Å². The number of hydrazone groups is 1. The average Bonchev–Trinajstić information content (AvgIpc) is 3.52. The molecule has 1 saturated heterocycles. The Hall–Kier alpha value is -4.41.